The number of esters is 1. The van der Waals surface area contributed by atoms with Crippen molar-refractivity contribution in [1.82, 2.24) is 4.98 Å². The third-order valence-corrected chi connectivity index (χ3v) is 3.02. The molecular weight excluding hydrogens is 254 g/mol. The molecule has 104 valence electrons. The quantitative estimate of drug-likeness (QED) is 0.687. The zero-order valence-corrected chi connectivity index (χ0v) is 11.6. The summed E-state index contributed by atoms with van der Waals surface area (Å²) in [7, 11) is 0. The molecule has 0 spiro atoms. The summed E-state index contributed by atoms with van der Waals surface area (Å²) in [6, 6.07) is 9.24. The molecule has 0 amide bonds. The highest BCUT2D eigenvalue weighted by atomic mass is 16.5. The van der Waals surface area contributed by atoms with E-state index in [-0.39, 0.29) is 18.1 Å². The summed E-state index contributed by atoms with van der Waals surface area (Å²) in [5.41, 5.74) is 1.55. The number of pyridine rings is 1. The van der Waals surface area contributed by atoms with Crippen LogP contribution in [0.1, 0.15) is 25.8 Å². The van der Waals surface area contributed by atoms with Crippen LogP contribution >= 0.6 is 0 Å². The van der Waals surface area contributed by atoms with Crippen LogP contribution in [0.4, 0.5) is 0 Å². The van der Waals surface area contributed by atoms with Gasteiger partial charge >= 0.3 is 5.97 Å². The van der Waals surface area contributed by atoms with Gasteiger partial charge in [-0.25, -0.2) is 4.79 Å². The molecule has 4 nitrogen and oxygen atoms in total. The number of aromatic nitrogens is 1. The summed E-state index contributed by atoms with van der Waals surface area (Å²) >= 11 is 0. The van der Waals surface area contributed by atoms with E-state index in [1.165, 1.54) is 0 Å². The Morgan fingerprint density at radius 3 is 2.85 bits per heavy atom. The fourth-order valence-corrected chi connectivity index (χ4v) is 1.95. The van der Waals surface area contributed by atoms with Gasteiger partial charge in [0.05, 0.1) is 5.56 Å². The van der Waals surface area contributed by atoms with E-state index in [4.69, 9.17) is 4.74 Å². The molecule has 20 heavy (non-hydrogen) atoms. The van der Waals surface area contributed by atoms with Gasteiger partial charge in [0.15, 0.2) is 0 Å². The van der Waals surface area contributed by atoms with Gasteiger partial charge in [0.2, 0.25) is 0 Å². The summed E-state index contributed by atoms with van der Waals surface area (Å²) in [5.74, 6) is -0.389. The number of ether oxygens (including phenoxy) is 1. The van der Waals surface area contributed by atoms with Crippen molar-refractivity contribution in [1.29, 1.82) is 0 Å². The molecule has 2 aromatic rings. The van der Waals surface area contributed by atoms with Gasteiger partial charge in [-0.1, -0.05) is 31.2 Å². The Hall–Kier alpha value is -2.36. The van der Waals surface area contributed by atoms with Gasteiger partial charge in [-0.3, -0.25) is 4.79 Å². The second-order valence-corrected chi connectivity index (χ2v) is 4.58. The van der Waals surface area contributed by atoms with Crippen molar-refractivity contribution in [3.8, 4) is 0 Å². The minimum Gasteiger partial charge on any atom is -0.457 e. The molecular formula is C16H17NO3. The summed E-state index contributed by atoms with van der Waals surface area (Å²) < 4.78 is 5.14. The molecule has 0 unspecified atom stereocenters. The lowest BCUT2D eigenvalue weighted by Gasteiger charge is -2.06. The number of benzene rings is 1. The maximum atomic E-state index is 11.9. The zero-order valence-electron chi connectivity index (χ0n) is 11.6. The maximum absolute atomic E-state index is 11.9. The minimum atomic E-state index is -0.389. The Kier molecular flexibility index (Phi) is 4.35. The van der Waals surface area contributed by atoms with E-state index in [2.05, 4.69) is 4.98 Å². The lowest BCUT2D eigenvalue weighted by atomic mass is 10.1. The topological polar surface area (TPSA) is 59.2 Å². The van der Waals surface area contributed by atoms with Crippen LogP contribution in [-0.2, 0) is 16.1 Å². The Labute approximate surface area is 117 Å². The van der Waals surface area contributed by atoms with Gasteiger partial charge in [0, 0.05) is 11.1 Å². The van der Waals surface area contributed by atoms with Crippen molar-refractivity contribution in [3.05, 3.63) is 57.9 Å². The van der Waals surface area contributed by atoms with Crippen LogP contribution in [0.25, 0.3) is 10.9 Å². The smallest absolute Gasteiger partial charge is 0.333 e. The highest BCUT2D eigenvalue weighted by Crippen LogP contribution is 2.11. The average Bonchev–Trinajstić information content (AvgIpc) is 2.45. The highest BCUT2D eigenvalue weighted by molar-refractivity contribution is 5.87. The molecule has 1 heterocycles. The predicted molar refractivity (Wildman–Crippen MR) is 78.4 cm³/mol. The SMILES string of the molecule is CCC=C(C)C(=O)OCc1cc2ccccc2[nH]c1=O. The second-order valence-electron chi connectivity index (χ2n) is 4.58. The molecule has 0 atom stereocenters. The monoisotopic (exact) mass is 271 g/mol. The Morgan fingerprint density at radius 1 is 1.35 bits per heavy atom. The van der Waals surface area contributed by atoms with Crippen molar-refractivity contribution in [2.45, 2.75) is 26.9 Å². The summed E-state index contributed by atoms with van der Waals surface area (Å²) in [5, 5.41) is 0.916. The third kappa shape index (κ3) is 3.15. The van der Waals surface area contributed by atoms with E-state index in [1.807, 2.05) is 31.2 Å². The summed E-state index contributed by atoms with van der Waals surface area (Å²) in [4.78, 5) is 26.3. The number of para-hydroxylation sites is 1. The van der Waals surface area contributed by atoms with Crippen molar-refractivity contribution in [2.24, 2.45) is 0 Å². The van der Waals surface area contributed by atoms with Crippen LogP contribution in [0.15, 0.2) is 46.8 Å². The molecule has 0 radical (unpaired) electrons. The number of fused-ring (bicyclic) bond motifs is 1. The molecule has 0 aliphatic rings. The molecule has 1 aromatic heterocycles. The van der Waals surface area contributed by atoms with Crippen LogP contribution in [0, 0.1) is 0 Å². The number of hydrogen-bond acceptors (Lipinski definition) is 3. The normalized spacial score (nSPS) is 11.6. The number of hydrogen-bond donors (Lipinski definition) is 1. The standard InChI is InChI=1S/C16H17NO3/c1-3-6-11(2)16(19)20-10-13-9-12-7-4-5-8-14(12)17-15(13)18/h4-9H,3,10H2,1-2H3,(H,17,18). The van der Waals surface area contributed by atoms with E-state index in [1.54, 1.807) is 19.1 Å². The molecule has 0 bridgehead atoms. The number of carbonyl (C=O) groups excluding carboxylic acids is 1. The van der Waals surface area contributed by atoms with Crippen molar-refractivity contribution < 1.29 is 9.53 Å². The summed E-state index contributed by atoms with van der Waals surface area (Å²) in [6.07, 6.45) is 2.57. The molecule has 2 rings (SSSR count). The second kappa shape index (κ2) is 6.19. The van der Waals surface area contributed by atoms with Crippen molar-refractivity contribution in [2.75, 3.05) is 0 Å². The van der Waals surface area contributed by atoms with Gasteiger partial charge in [-0.15, -0.1) is 0 Å². The van der Waals surface area contributed by atoms with E-state index in [0.29, 0.717) is 11.1 Å². The molecule has 0 aliphatic carbocycles. The first-order valence-electron chi connectivity index (χ1n) is 6.56. The number of aromatic amines is 1. The molecule has 0 saturated carbocycles. The number of H-pyrrole nitrogens is 1. The van der Waals surface area contributed by atoms with Gasteiger partial charge in [0.25, 0.3) is 5.56 Å². The van der Waals surface area contributed by atoms with E-state index in [9.17, 15) is 9.59 Å². The van der Waals surface area contributed by atoms with Gasteiger partial charge in [0.1, 0.15) is 6.61 Å². The fourth-order valence-electron chi connectivity index (χ4n) is 1.95. The molecule has 4 heteroatoms. The number of nitrogens with one attached hydrogen (secondary N) is 1. The van der Waals surface area contributed by atoms with E-state index < -0.39 is 0 Å². The first kappa shape index (κ1) is 14.1. The van der Waals surface area contributed by atoms with Gasteiger partial charge in [-0.2, -0.15) is 0 Å². The highest BCUT2D eigenvalue weighted by Gasteiger charge is 2.08. The first-order valence-corrected chi connectivity index (χ1v) is 6.56. The number of rotatable bonds is 4. The fraction of sp³-hybridized carbons (Fsp3) is 0.250. The average molecular weight is 271 g/mol. The van der Waals surface area contributed by atoms with Crippen molar-refractivity contribution in [3.63, 3.8) is 0 Å². The largest absolute Gasteiger partial charge is 0.457 e. The van der Waals surface area contributed by atoms with Crippen LogP contribution in [0.3, 0.4) is 0 Å². The minimum absolute atomic E-state index is 0.0199. The number of allylic oxidation sites excluding steroid dienone is 1. The van der Waals surface area contributed by atoms with Gasteiger partial charge < -0.3 is 9.72 Å². The maximum Gasteiger partial charge on any atom is 0.333 e. The predicted octanol–water partition coefficient (Wildman–Crippen LogP) is 2.93. The molecule has 1 N–H and O–H groups in total. The van der Waals surface area contributed by atoms with Crippen LogP contribution in [-0.4, -0.2) is 11.0 Å². The van der Waals surface area contributed by atoms with Crippen molar-refractivity contribution >= 4 is 16.9 Å². The molecule has 0 saturated heterocycles. The van der Waals surface area contributed by atoms with Gasteiger partial charge in [-0.05, 0) is 30.9 Å². The van der Waals surface area contributed by atoms with Crippen LogP contribution < -0.4 is 5.56 Å². The van der Waals surface area contributed by atoms with Crippen LogP contribution in [0.2, 0.25) is 0 Å². The zero-order chi connectivity index (χ0) is 14.5. The lowest BCUT2D eigenvalue weighted by Crippen LogP contribution is -2.15. The number of carbonyl (C=O) groups is 1. The first-order chi connectivity index (χ1) is 9.61. The Bertz CT molecular complexity index is 713. The molecule has 1 aromatic carbocycles. The Balaban J connectivity index is 2.18. The van der Waals surface area contributed by atoms with Crippen LogP contribution in [0.5, 0.6) is 0 Å². The molecule has 0 aliphatic heterocycles. The molecule has 0 fully saturated rings. The van der Waals surface area contributed by atoms with E-state index >= 15 is 0 Å². The lowest BCUT2D eigenvalue weighted by molar-refractivity contribution is -0.140. The third-order valence-electron chi connectivity index (χ3n) is 3.02. The Morgan fingerprint density at radius 2 is 2.10 bits per heavy atom. The van der Waals surface area contributed by atoms with E-state index in [0.717, 1.165) is 17.3 Å². The summed E-state index contributed by atoms with van der Waals surface area (Å²) in [6.45, 7) is 3.63.